The van der Waals surface area contributed by atoms with E-state index in [1.54, 1.807) is 24.8 Å². The molecule has 1 aromatic heterocycles. The Balaban J connectivity index is 1.34. The summed E-state index contributed by atoms with van der Waals surface area (Å²) in [6.45, 7) is 3.68. The minimum absolute atomic E-state index is 0.198. The topological polar surface area (TPSA) is 76.9 Å². The van der Waals surface area contributed by atoms with Crippen LogP contribution in [0.4, 0.5) is 14.5 Å². The van der Waals surface area contributed by atoms with Crippen LogP contribution in [0.5, 0.6) is 5.75 Å². The molecule has 1 aliphatic heterocycles. The minimum Gasteiger partial charge on any atom is -0.497 e. The van der Waals surface area contributed by atoms with E-state index in [9.17, 15) is 18.4 Å². The highest BCUT2D eigenvalue weighted by Crippen LogP contribution is 2.28. The molecule has 0 aliphatic carbocycles. The molecule has 0 radical (unpaired) electrons. The maximum absolute atomic E-state index is 14.1. The van der Waals surface area contributed by atoms with Crippen molar-refractivity contribution in [2.24, 2.45) is 0 Å². The second-order valence-electron chi connectivity index (χ2n) is 9.17. The molecule has 4 aromatic rings. The molecule has 1 aliphatic rings. The molecule has 1 amide bonds. The molecule has 0 bridgehead atoms. The van der Waals surface area contributed by atoms with Crippen LogP contribution >= 0.6 is 0 Å². The predicted molar refractivity (Wildman–Crippen MR) is 146 cm³/mol. The number of piperazine rings is 1. The first-order chi connectivity index (χ1) is 19.4. The van der Waals surface area contributed by atoms with Gasteiger partial charge in [-0.05, 0) is 61.5 Å². The summed E-state index contributed by atoms with van der Waals surface area (Å²) in [7, 11) is 1.59. The van der Waals surface area contributed by atoms with E-state index in [0.29, 0.717) is 37.6 Å². The summed E-state index contributed by atoms with van der Waals surface area (Å²) in [5.41, 5.74) is 2.92. The van der Waals surface area contributed by atoms with Crippen molar-refractivity contribution in [1.82, 2.24) is 14.7 Å². The zero-order valence-corrected chi connectivity index (χ0v) is 22.1. The van der Waals surface area contributed by atoms with E-state index in [0.717, 1.165) is 29.1 Å². The fourth-order valence-corrected chi connectivity index (χ4v) is 4.68. The molecule has 2 heterocycles. The number of amides is 1. The van der Waals surface area contributed by atoms with Crippen LogP contribution in [0.1, 0.15) is 27.8 Å². The number of ether oxygens (including phenoxy) is 2. The quantitative estimate of drug-likeness (QED) is 0.305. The van der Waals surface area contributed by atoms with E-state index in [1.165, 1.54) is 11.0 Å². The van der Waals surface area contributed by atoms with Gasteiger partial charge in [-0.3, -0.25) is 4.79 Å². The third kappa shape index (κ3) is 5.38. The molecule has 1 saturated heterocycles. The number of benzene rings is 3. The number of nitrogens with zero attached hydrogens (tertiary/aromatic N) is 4. The van der Waals surface area contributed by atoms with Gasteiger partial charge < -0.3 is 19.3 Å². The van der Waals surface area contributed by atoms with Crippen LogP contribution in [0.3, 0.4) is 0 Å². The van der Waals surface area contributed by atoms with Crippen molar-refractivity contribution in [3.8, 4) is 22.7 Å². The maximum atomic E-state index is 14.1. The van der Waals surface area contributed by atoms with Crippen LogP contribution in [0.2, 0.25) is 0 Å². The van der Waals surface area contributed by atoms with Crippen molar-refractivity contribution in [3.63, 3.8) is 0 Å². The molecule has 0 spiro atoms. The molecule has 8 nitrogen and oxygen atoms in total. The van der Waals surface area contributed by atoms with E-state index >= 15 is 0 Å². The standard InChI is InChI=1S/C30H28F2N4O4/c1-3-40-30(38)26-19-27(36(33-26)22-11-13-23(39-2)14-12-22)20-7-9-21(10-8-20)34-15-17-35(18-16-34)29(37)28-24(31)5-4-6-25(28)32/h4-14,19H,3,15-18H2,1-2H3. The Morgan fingerprint density at radius 1 is 0.875 bits per heavy atom. The average molecular weight is 547 g/mol. The fourth-order valence-electron chi connectivity index (χ4n) is 4.68. The number of esters is 1. The number of halogens is 2. The Hall–Kier alpha value is -4.73. The smallest absolute Gasteiger partial charge is 0.358 e. The molecule has 10 heteroatoms. The zero-order valence-electron chi connectivity index (χ0n) is 22.1. The first-order valence-corrected chi connectivity index (χ1v) is 12.9. The van der Waals surface area contributed by atoms with Gasteiger partial charge in [0.2, 0.25) is 0 Å². The Morgan fingerprint density at radius 3 is 2.10 bits per heavy atom. The molecule has 0 unspecified atom stereocenters. The highest BCUT2D eigenvalue weighted by molar-refractivity contribution is 5.95. The van der Waals surface area contributed by atoms with Crippen LogP contribution in [-0.2, 0) is 4.74 Å². The van der Waals surface area contributed by atoms with Gasteiger partial charge in [0, 0.05) is 37.4 Å². The van der Waals surface area contributed by atoms with Crippen LogP contribution in [-0.4, -0.2) is 66.5 Å². The lowest BCUT2D eigenvalue weighted by atomic mass is 10.1. The molecular weight excluding hydrogens is 518 g/mol. The van der Waals surface area contributed by atoms with Crippen LogP contribution in [0.25, 0.3) is 16.9 Å². The molecule has 1 fully saturated rings. The summed E-state index contributed by atoms with van der Waals surface area (Å²) in [6, 6.07) is 20.2. The number of hydrogen-bond acceptors (Lipinski definition) is 6. The Labute approximate surface area is 230 Å². The molecular formula is C30H28F2N4O4. The highest BCUT2D eigenvalue weighted by atomic mass is 19.1. The van der Waals surface area contributed by atoms with Crippen molar-refractivity contribution >= 4 is 17.6 Å². The van der Waals surface area contributed by atoms with Gasteiger partial charge in [0.1, 0.15) is 22.9 Å². The average Bonchev–Trinajstić information content (AvgIpc) is 3.43. The van der Waals surface area contributed by atoms with Gasteiger partial charge in [-0.25, -0.2) is 18.3 Å². The lowest BCUT2D eigenvalue weighted by molar-refractivity contribution is 0.0518. The highest BCUT2D eigenvalue weighted by Gasteiger charge is 2.27. The molecule has 0 saturated carbocycles. The fraction of sp³-hybridized carbons (Fsp3) is 0.233. The molecule has 3 aromatic carbocycles. The van der Waals surface area contributed by atoms with Crippen LogP contribution in [0.15, 0.2) is 72.8 Å². The Kier molecular flexibility index (Phi) is 7.77. The number of hydrogen-bond donors (Lipinski definition) is 0. The zero-order chi connectivity index (χ0) is 28.2. The van der Waals surface area contributed by atoms with Gasteiger partial charge in [0.05, 0.1) is 25.1 Å². The molecule has 0 N–H and O–H groups in total. The molecule has 206 valence electrons. The third-order valence-electron chi connectivity index (χ3n) is 6.78. The third-order valence-corrected chi connectivity index (χ3v) is 6.78. The summed E-state index contributed by atoms with van der Waals surface area (Å²) >= 11 is 0. The number of methoxy groups -OCH3 is 1. The summed E-state index contributed by atoms with van der Waals surface area (Å²) in [5, 5.41) is 4.51. The predicted octanol–water partition coefficient (Wildman–Crippen LogP) is 4.97. The number of anilines is 1. The van der Waals surface area contributed by atoms with Crippen molar-refractivity contribution < 1.29 is 27.8 Å². The van der Waals surface area contributed by atoms with Crippen molar-refractivity contribution in [3.05, 3.63) is 95.7 Å². The van der Waals surface area contributed by atoms with Gasteiger partial charge in [0.15, 0.2) is 5.69 Å². The van der Waals surface area contributed by atoms with E-state index in [4.69, 9.17) is 9.47 Å². The van der Waals surface area contributed by atoms with Crippen molar-refractivity contribution in [1.29, 1.82) is 0 Å². The SMILES string of the molecule is CCOC(=O)c1cc(-c2ccc(N3CCN(C(=O)c4c(F)cccc4F)CC3)cc2)n(-c2ccc(OC)cc2)n1. The first kappa shape index (κ1) is 26.9. The first-order valence-electron chi connectivity index (χ1n) is 12.9. The second-order valence-corrected chi connectivity index (χ2v) is 9.17. The summed E-state index contributed by atoms with van der Waals surface area (Å²) < 4.78 is 40.3. The van der Waals surface area contributed by atoms with E-state index in [1.807, 2.05) is 48.5 Å². The van der Waals surface area contributed by atoms with E-state index in [2.05, 4.69) is 10.00 Å². The summed E-state index contributed by atoms with van der Waals surface area (Å²) in [6.07, 6.45) is 0. The lowest BCUT2D eigenvalue weighted by Crippen LogP contribution is -2.49. The Morgan fingerprint density at radius 2 is 1.50 bits per heavy atom. The molecule has 0 atom stereocenters. The summed E-state index contributed by atoms with van der Waals surface area (Å²) in [5.74, 6) is -2.16. The maximum Gasteiger partial charge on any atom is 0.358 e. The number of aromatic nitrogens is 2. The van der Waals surface area contributed by atoms with Gasteiger partial charge in [-0.1, -0.05) is 18.2 Å². The second kappa shape index (κ2) is 11.6. The van der Waals surface area contributed by atoms with Crippen molar-refractivity contribution in [2.75, 3.05) is 44.8 Å². The monoisotopic (exact) mass is 546 g/mol. The minimum atomic E-state index is -0.858. The van der Waals surface area contributed by atoms with Gasteiger partial charge in [-0.15, -0.1) is 0 Å². The summed E-state index contributed by atoms with van der Waals surface area (Å²) in [4.78, 5) is 28.8. The van der Waals surface area contributed by atoms with Crippen LogP contribution in [0, 0.1) is 11.6 Å². The number of rotatable bonds is 7. The number of carbonyl (C=O) groups is 2. The van der Waals surface area contributed by atoms with E-state index in [-0.39, 0.29) is 12.3 Å². The Bertz CT molecular complexity index is 1490. The van der Waals surface area contributed by atoms with Gasteiger partial charge in [0.25, 0.3) is 5.91 Å². The van der Waals surface area contributed by atoms with Crippen molar-refractivity contribution in [2.45, 2.75) is 6.92 Å². The lowest BCUT2D eigenvalue weighted by Gasteiger charge is -2.36. The largest absolute Gasteiger partial charge is 0.497 e. The molecule has 5 rings (SSSR count). The normalized spacial score (nSPS) is 13.3. The molecule has 40 heavy (non-hydrogen) atoms. The number of carbonyl (C=O) groups excluding carboxylic acids is 2. The van der Waals surface area contributed by atoms with Crippen LogP contribution < -0.4 is 9.64 Å². The van der Waals surface area contributed by atoms with E-state index < -0.39 is 29.1 Å². The van der Waals surface area contributed by atoms with Gasteiger partial charge in [-0.2, -0.15) is 5.10 Å². The van der Waals surface area contributed by atoms with Gasteiger partial charge >= 0.3 is 5.97 Å².